The number of benzene rings is 1. The molecule has 2 saturated heterocycles. The van der Waals surface area contributed by atoms with E-state index in [9.17, 15) is 9.59 Å². The molecule has 1 aromatic rings. The summed E-state index contributed by atoms with van der Waals surface area (Å²) < 4.78 is 5.59. The maximum Gasteiger partial charge on any atom is 0.410 e. The number of fused-ring (bicyclic) bond motifs is 2. The first kappa shape index (κ1) is 19.9. The van der Waals surface area contributed by atoms with Crippen LogP contribution in [0.1, 0.15) is 83.1 Å². The summed E-state index contributed by atoms with van der Waals surface area (Å²) >= 11 is 0. The zero-order chi connectivity index (χ0) is 20.0. The third-order valence-corrected chi connectivity index (χ3v) is 5.72. The van der Waals surface area contributed by atoms with Gasteiger partial charge in [-0.3, -0.25) is 4.79 Å². The molecule has 4 nitrogen and oxygen atoms in total. The molecule has 27 heavy (non-hydrogen) atoms. The molecule has 1 aromatic carbocycles. The van der Waals surface area contributed by atoms with Gasteiger partial charge in [-0.2, -0.15) is 0 Å². The number of hydrogen-bond donors (Lipinski definition) is 0. The maximum absolute atomic E-state index is 13.2. The molecule has 0 saturated carbocycles. The Kier molecular flexibility index (Phi) is 5.13. The van der Waals surface area contributed by atoms with E-state index in [1.54, 1.807) is 0 Å². The molecule has 2 unspecified atom stereocenters. The normalized spacial score (nSPS) is 25.4. The molecule has 0 aliphatic carbocycles. The molecule has 0 N–H and O–H groups in total. The van der Waals surface area contributed by atoms with Gasteiger partial charge in [0.05, 0.1) is 0 Å². The highest BCUT2D eigenvalue weighted by molar-refractivity contribution is 5.98. The quantitative estimate of drug-likeness (QED) is 0.659. The largest absolute Gasteiger partial charge is 0.444 e. The molecule has 3 rings (SSSR count). The summed E-state index contributed by atoms with van der Waals surface area (Å²) in [6, 6.07) is 8.30. The fraction of sp³-hybridized carbons (Fsp3) is 0.652. The van der Waals surface area contributed by atoms with Crippen molar-refractivity contribution in [2.24, 2.45) is 5.92 Å². The summed E-state index contributed by atoms with van der Waals surface area (Å²) in [5.74, 6) is 0.221. The van der Waals surface area contributed by atoms with E-state index in [1.807, 2.05) is 43.9 Å². The van der Waals surface area contributed by atoms with Crippen LogP contribution in [-0.4, -0.2) is 34.5 Å². The molecular formula is C23H33NO3. The number of ketones is 1. The Labute approximate surface area is 163 Å². The lowest BCUT2D eigenvalue weighted by Crippen LogP contribution is -2.49. The van der Waals surface area contributed by atoms with Crippen molar-refractivity contribution in [3.63, 3.8) is 0 Å². The molecule has 2 heterocycles. The van der Waals surface area contributed by atoms with Gasteiger partial charge in [-0.05, 0) is 63.5 Å². The lowest BCUT2D eigenvalue weighted by Gasteiger charge is -2.39. The smallest absolute Gasteiger partial charge is 0.410 e. The molecule has 2 atom stereocenters. The van der Waals surface area contributed by atoms with E-state index >= 15 is 0 Å². The average molecular weight is 372 g/mol. The van der Waals surface area contributed by atoms with Gasteiger partial charge in [0, 0.05) is 23.6 Å². The number of hydrogen-bond acceptors (Lipinski definition) is 3. The van der Waals surface area contributed by atoms with E-state index in [0.29, 0.717) is 0 Å². The number of amides is 1. The molecule has 2 aliphatic rings. The van der Waals surface area contributed by atoms with Crippen LogP contribution in [0.3, 0.4) is 0 Å². The fourth-order valence-corrected chi connectivity index (χ4v) is 4.38. The number of rotatable bonds is 2. The van der Waals surface area contributed by atoms with Crippen LogP contribution in [0.25, 0.3) is 0 Å². The third-order valence-electron chi connectivity index (χ3n) is 5.72. The van der Waals surface area contributed by atoms with Crippen LogP contribution in [0.15, 0.2) is 24.3 Å². The Bertz CT molecular complexity index is 712. The predicted molar refractivity (Wildman–Crippen MR) is 107 cm³/mol. The van der Waals surface area contributed by atoms with Crippen molar-refractivity contribution < 1.29 is 14.3 Å². The zero-order valence-corrected chi connectivity index (χ0v) is 17.5. The van der Waals surface area contributed by atoms with Gasteiger partial charge >= 0.3 is 6.09 Å². The second-order valence-electron chi connectivity index (χ2n) is 10.1. The Morgan fingerprint density at radius 3 is 2.11 bits per heavy atom. The molecule has 1 amide bonds. The fourth-order valence-electron chi connectivity index (χ4n) is 4.38. The lowest BCUT2D eigenvalue weighted by atomic mass is 9.82. The van der Waals surface area contributed by atoms with Crippen molar-refractivity contribution in [1.29, 1.82) is 0 Å². The highest BCUT2D eigenvalue weighted by Gasteiger charge is 2.46. The molecule has 148 valence electrons. The van der Waals surface area contributed by atoms with Crippen LogP contribution in [0.5, 0.6) is 0 Å². The summed E-state index contributed by atoms with van der Waals surface area (Å²) in [6.45, 7) is 12.2. The number of ether oxygens (including phenoxy) is 1. The van der Waals surface area contributed by atoms with E-state index in [1.165, 1.54) is 5.56 Å². The highest BCUT2D eigenvalue weighted by Crippen LogP contribution is 2.41. The van der Waals surface area contributed by atoms with Crippen LogP contribution in [0, 0.1) is 5.92 Å². The second kappa shape index (κ2) is 6.96. The molecule has 0 radical (unpaired) electrons. The van der Waals surface area contributed by atoms with E-state index < -0.39 is 5.60 Å². The summed E-state index contributed by atoms with van der Waals surface area (Å²) in [4.78, 5) is 27.7. The Morgan fingerprint density at radius 1 is 1.00 bits per heavy atom. The van der Waals surface area contributed by atoms with Gasteiger partial charge < -0.3 is 9.64 Å². The van der Waals surface area contributed by atoms with Crippen molar-refractivity contribution in [2.75, 3.05) is 0 Å². The van der Waals surface area contributed by atoms with Crippen LogP contribution in [0.4, 0.5) is 4.79 Å². The van der Waals surface area contributed by atoms with Crippen molar-refractivity contribution in [3.05, 3.63) is 35.4 Å². The summed E-state index contributed by atoms with van der Waals surface area (Å²) in [5.41, 5.74) is 1.52. The SMILES string of the molecule is CC(C)(C)OC(=O)N1C2CCC1CC(C(=O)c1cccc(C(C)(C)C)c1)C2. The first-order valence-electron chi connectivity index (χ1n) is 10.1. The van der Waals surface area contributed by atoms with Crippen molar-refractivity contribution >= 4 is 11.9 Å². The average Bonchev–Trinajstić information content (AvgIpc) is 2.82. The van der Waals surface area contributed by atoms with Crippen LogP contribution < -0.4 is 0 Å². The predicted octanol–water partition coefficient (Wildman–Crippen LogP) is 5.34. The highest BCUT2D eigenvalue weighted by atomic mass is 16.6. The van der Waals surface area contributed by atoms with Gasteiger partial charge in [0.2, 0.25) is 0 Å². The molecule has 2 bridgehead atoms. The summed E-state index contributed by atoms with van der Waals surface area (Å²) in [6.07, 6.45) is 3.20. The Hall–Kier alpha value is -1.84. The molecule has 2 aliphatic heterocycles. The van der Waals surface area contributed by atoms with Gasteiger partial charge in [-0.25, -0.2) is 4.79 Å². The van der Waals surface area contributed by atoms with Gasteiger partial charge in [0.15, 0.2) is 5.78 Å². The molecule has 0 spiro atoms. The first-order chi connectivity index (χ1) is 12.5. The van der Waals surface area contributed by atoms with Crippen LogP contribution in [-0.2, 0) is 10.2 Å². The number of Topliss-reactive ketones (excluding diaryl/α,β-unsaturated/α-hetero) is 1. The topological polar surface area (TPSA) is 46.6 Å². The lowest BCUT2D eigenvalue weighted by molar-refractivity contribution is 0.00254. The molecule has 4 heteroatoms. The number of carbonyl (C=O) groups excluding carboxylic acids is 2. The van der Waals surface area contributed by atoms with Gasteiger partial charge in [-0.15, -0.1) is 0 Å². The third kappa shape index (κ3) is 4.36. The minimum atomic E-state index is -0.489. The number of carbonyl (C=O) groups is 2. The minimum absolute atomic E-state index is 0.00333. The van der Waals surface area contributed by atoms with E-state index in [2.05, 4.69) is 26.8 Å². The van der Waals surface area contributed by atoms with Crippen LogP contribution >= 0.6 is 0 Å². The second-order valence-corrected chi connectivity index (χ2v) is 10.1. The Morgan fingerprint density at radius 2 is 1.59 bits per heavy atom. The van der Waals surface area contributed by atoms with Gasteiger partial charge in [0.1, 0.15) is 5.60 Å². The number of nitrogens with zero attached hydrogens (tertiary/aromatic N) is 1. The first-order valence-corrected chi connectivity index (χ1v) is 10.1. The molecule has 2 fully saturated rings. The summed E-state index contributed by atoms with van der Waals surface area (Å²) in [5, 5.41) is 0. The van der Waals surface area contributed by atoms with Gasteiger partial charge in [-0.1, -0.05) is 39.0 Å². The Balaban J connectivity index is 1.73. The van der Waals surface area contributed by atoms with E-state index in [-0.39, 0.29) is 35.3 Å². The summed E-state index contributed by atoms with van der Waals surface area (Å²) in [7, 11) is 0. The minimum Gasteiger partial charge on any atom is -0.444 e. The van der Waals surface area contributed by atoms with E-state index in [0.717, 1.165) is 31.2 Å². The van der Waals surface area contributed by atoms with Gasteiger partial charge in [0.25, 0.3) is 0 Å². The number of piperidine rings is 1. The monoisotopic (exact) mass is 371 g/mol. The van der Waals surface area contributed by atoms with E-state index in [4.69, 9.17) is 4.74 Å². The van der Waals surface area contributed by atoms with Crippen molar-refractivity contribution in [1.82, 2.24) is 4.90 Å². The van der Waals surface area contributed by atoms with Crippen LogP contribution in [0.2, 0.25) is 0 Å². The molecule has 0 aromatic heterocycles. The zero-order valence-electron chi connectivity index (χ0n) is 17.5. The standard InChI is InChI=1S/C23H33NO3/c1-22(2,3)17-9-7-8-15(12-17)20(25)16-13-18-10-11-19(14-16)24(18)21(26)27-23(4,5)6/h7-9,12,16,18-19H,10-11,13-14H2,1-6H3. The van der Waals surface area contributed by atoms with Crippen molar-refractivity contribution in [3.8, 4) is 0 Å². The van der Waals surface area contributed by atoms with Crippen molar-refractivity contribution in [2.45, 2.75) is 90.3 Å². The maximum atomic E-state index is 13.2. The molecular weight excluding hydrogens is 338 g/mol.